The molecule has 1 fully saturated rings. The Morgan fingerprint density at radius 1 is 1.44 bits per heavy atom. The Morgan fingerprint density at radius 3 is 2.67 bits per heavy atom. The van der Waals surface area contributed by atoms with E-state index in [1.807, 2.05) is 6.92 Å². The lowest BCUT2D eigenvalue weighted by molar-refractivity contribution is 0.0923. The first-order chi connectivity index (χ1) is 8.58. The van der Waals surface area contributed by atoms with Crippen LogP contribution in [-0.4, -0.2) is 11.9 Å². The minimum Gasteiger partial charge on any atom is -0.398 e. The van der Waals surface area contributed by atoms with E-state index in [2.05, 4.69) is 12.2 Å². The van der Waals surface area contributed by atoms with Crippen molar-refractivity contribution < 1.29 is 4.79 Å². The van der Waals surface area contributed by atoms with Gasteiger partial charge in [-0.3, -0.25) is 4.79 Å². The predicted octanol–water partition coefficient (Wildman–Crippen LogP) is 3.34. The first-order valence-corrected chi connectivity index (χ1v) is 7.56. The van der Waals surface area contributed by atoms with Crippen LogP contribution in [0.3, 0.4) is 0 Å². The molecule has 1 heterocycles. The maximum absolute atomic E-state index is 12.1. The van der Waals surface area contributed by atoms with Gasteiger partial charge in [-0.15, -0.1) is 11.3 Å². The SMILES string of the molecule is Cc1sc(C(=O)NC(C)C2CCCCC2)cc1N. The molecule has 2 rings (SSSR count). The van der Waals surface area contributed by atoms with E-state index in [0.29, 0.717) is 5.92 Å². The fraction of sp³-hybridized carbons (Fsp3) is 0.643. The number of carbonyl (C=O) groups is 1. The third-order valence-corrected chi connectivity index (χ3v) is 4.96. The second-order valence-corrected chi connectivity index (χ2v) is 6.54. The Balaban J connectivity index is 1.93. The van der Waals surface area contributed by atoms with Gasteiger partial charge in [-0.2, -0.15) is 0 Å². The lowest BCUT2D eigenvalue weighted by Crippen LogP contribution is -2.38. The van der Waals surface area contributed by atoms with Gasteiger partial charge in [-0.05, 0) is 38.7 Å². The number of carbonyl (C=O) groups excluding carboxylic acids is 1. The van der Waals surface area contributed by atoms with Crippen molar-refractivity contribution in [3.63, 3.8) is 0 Å². The lowest BCUT2D eigenvalue weighted by Gasteiger charge is -2.28. The van der Waals surface area contributed by atoms with E-state index in [4.69, 9.17) is 5.73 Å². The van der Waals surface area contributed by atoms with Crippen LogP contribution in [0.15, 0.2) is 6.07 Å². The van der Waals surface area contributed by atoms with Crippen LogP contribution >= 0.6 is 11.3 Å². The fourth-order valence-corrected chi connectivity index (χ4v) is 3.48. The molecule has 1 aromatic rings. The Morgan fingerprint density at radius 2 is 2.11 bits per heavy atom. The van der Waals surface area contributed by atoms with E-state index < -0.39 is 0 Å². The van der Waals surface area contributed by atoms with Crippen molar-refractivity contribution >= 4 is 22.9 Å². The number of aryl methyl sites for hydroxylation is 1. The summed E-state index contributed by atoms with van der Waals surface area (Å²) < 4.78 is 0. The summed E-state index contributed by atoms with van der Waals surface area (Å²) in [4.78, 5) is 13.9. The monoisotopic (exact) mass is 266 g/mol. The smallest absolute Gasteiger partial charge is 0.261 e. The van der Waals surface area contributed by atoms with E-state index in [1.54, 1.807) is 6.07 Å². The van der Waals surface area contributed by atoms with Crippen LogP contribution in [0.4, 0.5) is 5.69 Å². The van der Waals surface area contributed by atoms with Crippen molar-refractivity contribution in [1.29, 1.82) is 0 Å². The fourth-order valence-electron chi connectivity index (χ4n) is 2.64. The second-order valence-electron chi connectivity index (χ2n) is 5.28. The van der Waals surface area contributed by atoms with Crippen molar-refractivity contribution in [2.75, 3.05) is 5.73 Å². The maximum atomic E-state index is 12.1. The zero-order valence-corrected chi connectivity index (χ0v) is 12.0. The summed E-state index contributed by atoms with van der Waals surface area (Å²) in [6, 6.07) is 2.05. The third-order valence-electron chi connectivity index (χ3n) is 3.90. The molecule has 0 bridgehead atoms. The molecule has 1 aliphatic rings. The van der Waals surface area contributed by atoms with Crippen LogP contribution in [0.2, 0.25) is 0 Å². The molecular weight excluding hydrogens is 244 g/mol. The van der Waals surface area contributed by atoms with Crippen LogP contribution in [0.5, 0.6) is 0 Å². The Labute approximate surface area is 113 Å². The number of thiophene rings is 1. The number of rotatable bonds is 3. The van der Waals surface area contributed by atoms with Gasteiger partial charge < -0.3 is 11.1 Å². The number of hydrogen-bond acceptors (Lipinski definition) is 3. The van der Waals surface area contributed by atoms with E-state index in [9.17, 15) is 4.79 Å². The molecule has 18 heavy (non-hydrogen) atoms. The van der Waals surface area contributed by atoms with Crippen LogP contribution in [0.1, 0.15) is 53.6 Å². The van der Waals surface area contributed by atoms with E-state index in [0.717, 1.165) is 15.4 Å². The Bertz CT molecular complexity index is 402. The molecule has 3 N–H and O–H groups in total. The van der Waals surface area contributed by atoms with Gasteiger partial charge >= 0.3 is 0 Å². The van der Waals surface area contributed by atoms with Crippen molar-refractivity contribution in [2.45, 2.75) is 52.0 Å². The predicted molar refractivity (Wildman–Crippen MR) is 77.0 cm³/mol. The number of nitrogens with two attached hydrogens (primary N) is 1. The number of amides is 1. The third kappa shape index (κ3) is 3.05. The topological polar surface area (TPSA) is 55.1 Å². The van der Waals surface area contributed by atoms with E-state index >= 15 is 0 Å². The Hall–Kier alpha value is -1.03. The first kappa shape index (κ1) is 13.4. The van der Waals surface area contributed by atoms with Gasteiger partial charge in [-0.1, -0.05) is 19.3 Å². The summed E-state index contributed by atoms with van der Waals surface area (Å²) in [5.41, 5.74) is 6.50. The van der Waals surface area contributed by atoms with Gasteiger partial charge in [0.25, 0.3) is 5.91 Å². The molecule has 100 valence electrons. The number of nitrogen functional groups attached to an aromatic ring is 1. The van der Waals surface area contributed by atoms with Crippen molar-refractivity contribution in [1.82, 2.24) is 5.32 Å². The van der Waals surface area contributed by atoms with Crippen molar-refractivity contribution in [2.24, 2.45) is 5.92 Å². The maximum Gasteiger partial charge on any atom is 0.261 e. The highest BCUT2D eigenvalue weighted by Crippen LogP contribution is 2.27. The van der Waals surface area contributed by atoms with Crippen LogP contribution in [0.25, 0.3) is 0 Å². The molecule has 0 aromatic carbocycles. The molecule has 1 saturated carbocycles. The van der Waals surface area contributed by atoms with Gasteiger partial charge in [0.15, 0.2) is 0 Å². The largest absolute Gasteiger partial charge is 0.398 e. The molecular formula is C14H22N2OS. The molecule has 1 aliphatic carbocycles. The quantitative estimate of drug-likeness (QED) is 0.881. The van der Waals surface area contributed by atoms with Gasteiger partial charge in [0.2, 0.25) is 0 Å². The number of nitrogens with one attached hydrogen (secondary N) is 1. The van der Waals surface area contributed by atoms with Crippen molar-refractivity contribution in [3.8, 4) is 0 Å². The molecule has 0 saturated heterocycles. The molecule has 1 unspecified atom stereocenters. The molecule has 0 aliphatic heterocycles. The zero-order chi connectivity index (χ0) is 13.1. The highest BCUT2D eigenvalue weighted by molar-refractivity contribution is 7.14. The molecule has 0 radical (unpaired) electrons. The summed E-state index contributed by atoms with van der Waals surface area (Å²) in [6.45, 7) is 4.07. The number of anilines is 1. The normalized spacial score (nSPS) is 18.6. The minimum atomic E-state index is 0.0258. The standard InChI is InChI=1S/C14H22N2OS/c1-9(11-6-4-3-5-7-11)16-14(17)13-8-12(15)10(2)18-13/h8-9,11H,3-7,15H2,1-2H3,(H,16,17). The second kappa shape index (κ2) is 5.74. The van der Waals surface area contributed by atoms with Gasteiger partial charge in [0.05, 0.1) is 4.88 Å². The highest BCUT2D eigenvalue weighted by Gasteiger charge is 2.22. The average Bonchev–Trinajstić information content (AvgIpc) is 2.71. The summed E-state index contributed by atoms with van der Waals surface area (Å²) in [7, 11) is 0. The van der Waals surface area contributed by atoms with E-state index in [1.165, 1.54) is 43.4 Å². The molecule has 1 atom stereocenters. The van der Waals surface area contributed by atoms with Gasteiger partial charge in [0.1, 0.15) is 0 Å². The molecule has 0 spiro atoms. The Kier molecular flexibility index (Phi) is 4.27. The molecule has 1 aromatic heterocycles. The highest BCUT2D eigenvalue weighted by atomic mass is 32.1. The first-order valence-electron chi connectivity index (χ1n) is 6.74. The van der Waals surface area contributed by atoms with Gasteiger partial charge in [-0.25, -0.2) is 0 Å². The van der Waals surface area contributed by atoms with Crippen molar-refractivity contribution in [3.05, 3.63) is 15.8 Å². The summed E-state index contributed by atoms with van der Waals surface area (Å²) in [5.74, 6) is 0.666. The van der Waals surface area contributed by atoms with Crippen LogP contribution in [0, 0.1) is 12.8 Å². The molecule has 3 nitrogen and oxygen atoms in total. The number of hydrogen-bond donors (Lipinski definition) is 2. The lowest BCUT2D eigenvalue weighted by atomic mass is 9.84. The molecule has 1 amide bonds. The van der Waals surface area contributed by atoms with Gasteiger partial charge in [0, 0.05) is 16.6 Å². The van der Waals surface area contributed by atoms with Crippen LogP contribution < -0.4 is 11.1 Å². The zero-order valence-electron chi connectivity index (χ0n) is 11.2. The molecule has 4 heteroatoms. The summed E-state index contributed by atoms with van der Waals surface area (Å²) in [6.07, 6.45) is 6.43. The van der Waals surface area contributed by atoms with Crippen LogP contribution in [-0.2, 0) is 0 Å². The summed E-state index contributed by atoms with van der Waals surface area (Å²) in [5, 5.41) is 3.12. The van der Waals surface area contributed by atoms with E-state index in [-0.39, 0.29) is 11.9 Å². The average molecular weight is 266 g/mol. The minimum absolute atomic E-state index is 0.0258. The summed E-state index contributed by atoms with van der Waals surface area (Å²) >= 11 is 1.47.